The second-order valence-corrected chi connectivity index (χ2v) is 5.40. The molecular formula is C18H20N2O4. The first kappa shape index (κ1) is 16.3. The molecule has 1 saturated heterocycles. The summed E-state index contributed by atoms with van der Waals surface area (Å²) in [6.45, 7) is 3.79. The average molecular weight is 328 g/mol. The van der Waals surface area contributed by atoms with Gasteiger partial charge in [0.05, 0.1) is 19.8 Å². The maximum Gasteiger partial charge on any atom is 0.255 e. The summed E-state index contributed by atoms with van der Waals surface area (Å²) in [6.07, 6.45) is 2.41. The molecule has 1 fully saturated rings. The van der Waals surface area contributed by atoms with Gasteiger partial charge in [-0.3, -0.25) is 4.79 Å². The predicted molar refractivity (Wildman–Crippen MR) is 89.7 cm³/mol. The van der Waals surface area contributed by atoms with Crippen molar-refractivity contribution >= 4 is 11.6 Å². The van der Waals surface area contributed by atoms with Crippen LogP contribution in [0.15, 0.2) is 42.6 Å². The van der Waals surface area contributed by atoms with Gasteiger partial charge in [-0.15, -0.1) is 0 Å². The van der Waals surface area contributed by atoms with Gasteiger partial charge in [0, 0.05) is 29.9 Å². The lowest BCUT2D eigenvalue weighted by Gasteiger charge is -2.12. The standard InChI is InChI=1S/C18H20N2O4/c1-2-23-15-5-3-14(4-6-15)20-18(21)13-7-9-19-17(11-13)24-16-8-10-22-12-16/h3-7,9,11,16H,2,8,10,12H2,1H3,(H,20,21). The van der Waals surface area contributed by atoms with Gasteiger partial charge < -0.3 is 19.5 Å². The molecule has 0 spiro atoms. The summed E-state index contributed by atoms with van der Waals surface area (Å²) in [6, 6.07) is 10.5. The van der Waals surface area contributed by atoms with E-state index in [1.807, 2.05) is 19.1 Å². The Morgan fingerprint density at radius 3 is 2.88 bits per heavy atom. The van der Waals surface area contributed by atoms with Crippen molar-refractivity contribution in [3.05, 3.63) is 48.2 Å². The maximum atomic E-state index is 12.4. The second-order valence-electron chi connectivity index (χ2n) is 5.40. The van der Waals surface area contributed by atoms with Crippen LogP contribution in [0.25, 0.3) is 0 Å². The van der Waals surface area contributed by atoms with E-state index in [2.05, 4.69) is 10.3 Å². The Labute approximate surface area is 140 Å². The van der Waals surface area contributed by atoms with Crippen LogP contribution in [0.3, 0.4) is 0 Å². The van der Waals surface area contributed by atoms with Crippen molar-refractivity contribution in [2.75, 3.05) is 25.1 Å². The van der Waals surface area contributed by atoms with Gasteiger partial charge in [0.15, 0.2) is 0 Å². The van der Waals surface area contributed by atoms with Crippen LogP contribution >= 0.6 is 0 Å². The molecule has 6 nitrogen and oxygen atoms in total. The number of pyridine rings is 1. The van der Waals surface area contributed by atoms with Crippen LogP contribution in [-0.4, -0.2) is 36.8 Å². The number of aromatic nitrogens is 1. The minimum atomic E-state index is -0.214. The van der Waals surface area contributed by atoms with E-state index in [-0.39, 0.29) is 12.0 Å². The Balaban J connectivity index is 1.63. The number of ether oxygens (including phenoxy) is 3. The summed E-state index contributed by atoms with van der Waals surface area (Å²) < 4.78 is 16.4. The zero-order chi connectivity index (χ0) is 16.8. The number of rotatable bonds is 6. The topological polar surface area (TPSA) is 69.7 Å². The summed E-state index contributed by atoms with van der Waals surface area (Å²) >= 11 is 0. The van der Waals surface area contributed by atoms with E-state index in [1.54, 1.807) is 30.5 Å². The summed E-state index contributed by atoms with van der Waals surface area (Å²) in [7, 11) is 0. The van der Waals surface area contributed by atoms with E-state index < -0.39 is 0 Å². The minimum absolute atomic E-state index is 0.00178. The maximum absolute atomic E-state index is 12.4. The molecule has 1 aliphatic rings. The third kappa shape index (κ3) is 4.23. The largest absolute Gasteiger partial charge is 0.494 e. The van der Waals surface area contributed by atoms with Crippen molar-refractivity contribution in [2.24, 2.45) is 0 Å². The number of hydrogen-bond acceptors (Lipinski definition) is 5. The normalized spacial score (nSPS) is 16.6. The molecule has 0 bridgehead atoms. The van der Waals surface area contributed by atoms with Gasteiger partial charge in [0.25, 0.3) is 5.91 Å². The highest BCUT2D eigenvalue weighted by atomic mass is 16.5. The summed E-state index contributed by atoms with van der Waals surface area (Å²) in [4.78, 5) is 16.5. The number of carbonyl (C=O) groups is 1. The summed E-state index contributed by atoms with van der Waals surface area (Å²) in [5, 5.41) is 2.85. The molecule has 0 radical (unpaired) electrons. The van der Waals surface area contributed by atoms with Crippen LogP contribution in [0.5, 0.6) is 11.6 Å². The van der Waals surface area contributed by atoms with Crippen LogP contribution in [-0.2, 0) is 4.74 Å². The Morgan fingerprint density at radius 2 is 2.17 bits per heavy atom. The SMILES string of the molecule is CCOc1ccc(NC(=O)c2ccnc(OC3CCOC3)c2)cc1. The van der Waals surface area contributed by atoms with E-state index in [0.717, 1.165) is 12.2 Å². The van der Waals surface area contributed by atoms with E-state index in [9.17, 15) is 4.79 Å². The molecule has 2 aromatic rings. The smallest absolute Gasteiger partial charge is 0.255 e. The first-order chi connectivity index (χ1) is 11.7. The highest BCUT2D eigenvalue weighted by Gasteiger charge is 2.18. The van der Waals surface area contributed by atoms with E-state index >= 15 is 0 Å². The lowest BCUT2D eigenvalue weighted by molar-refractivity contribution is 0.102. The van der Waals surface area contributed by atoms with Crippen molar-refractivity contribution in [3.63, 3.8) is 0 Å². The predicted octanol–water partition coefficient (Wildman–Crippen LogP) is 2.90. The van der Waals surface area contributed by atoms with E-state index in [0.29, 0.717) is 37.0 Å². The van der Waals surface area contributed by atoms with Crippen LogP contribution in [0, 0.1) is 0 Å². The molecule has 2 heterocycles. The Kier molecular flexibility index (Phi) is 5.28. The number of amides is 1. The fourth-order valence-electron chi connectivity index (χ4n) is 2.40. The molecule has 1 aliphatic heterocycles. The van der Waals surface area contributed by atoms with Gasteiger partial charge in [0.2, 0.25) is 5.88 Å². The lowest BCUT2D eigenvalue weighted by Crippen LogP contribution is -2.17. The van der Waals surface area contributed by atoms with Crippen molar-refractivity contribution in [2.45, 2.75) is 19.4 Å². The molecule has 0 saturated carbocycles. The molecular weight excluding hydrogens is 308 g/mol. The molecule has 1 aromatic carbocycles. The Morgan fingerprint density at radius 1 is 1.33 bits per heavy atom. The zero-order valence-electron chi connectivity index (χ0n) is 13.5. The second kappa shape index (κ2) is 7.79. The number of anilines is 1. The molecule has 1 N–H and O–H groups in total. The van der Waals surface area contributed by atoms with Crippen LogP contribution < -0.4 is 14.8 Å². The number of benzene rings is 1. The van der Waals surface area contributed by atoms with Crippen LogP contribution in [0.2, 0.25) is 0 Å². The van der Waals surface area contributed by atoms with Gasteiger partial charge in [0.1, 0.15) is 11.9 Å². The first-order valence-electron chi connectivity index (χ1n) is 7.99. The molecule has 1 atom stereocenters. The first-order valence-corrected chi connectivity index (χ1v) is 7.99. The molecule has 24 heavy (non-hydrogen) atoms. The molecule has 6 heteroatoms. The molecule has 3 rings (SSSR count). The van der Waals surface area contributed by atoms with Crippen LogP contribution in [0.4, 0.5) is 5.69 Å². The van der Waals surface area contributed by atoms with Crippen LogP contribution in [0.1, 0.15) is 23.7 Å². The van der Waals surface area contributed by atoms with Gasteiger partial charge in [-0.2, -0.15) is 0 Å². The monoisotopic (exact) mass is 328 g/mol. The van der Waals surface area contributed by atoms with Gasteiger partial charge >= 0.3 is 0 Å². The number of nitrogens with one attached hydrogen (secondary N) is 1. The highest BCUT2D eigenvalue weighted by molar-refractivity contribution is 6.04. The molecule has 1 unspecified atom stereocenters. The summed E-state index contributed by atoms with van der Waals surface area (Å²) in [5.74, 6) is 0.993. The van der Waals surface area contributed by atoms with E-state index in [1.165, 1.54) is 0 Å². The van der Waals surface area contributed by atoms with Gasteiger partial charge in [-0.25, -0.2) is 4.98 Å². The minimum Gasteiger partial charge on any atom is -0.494 e. The zero-order valence-corrected chi connectivity index (χ0v) is 13.5. The number of carbonyl (C=O) groups excluding carboxylic acids is 1. The highest BCUT2D eigenvalue weighted by Crippen LogP contribution is 2.18. The number of hydrogen-bond donors (Lipinski definition) is 1. The fourth-order valence-corrected chi connectivity index (χ4v) is 2.40. The fraction of sp³-hybridized carbons (Fsp3) is 0.333. The van der Waals surface area contributed by atoms with Crippen molar-refractivity contribution in [1.29, 1.82) is 0 Å². The van der Waals surface area contributed by atoms with E-state index in [4.69, 9.17) is 14.2 Å². The average Bonchev–Trinajstić information content (AvgIpc) is 3.10. The number of nitrogens with zero attached hydrogens (tertiary/aromatic N) is 1. The Bertz CT molecular complexity index is 682. The van der Waals surface area contributed by atoms with Crippen molar-refractivity contribution in [3.8, 4) is 11.6 Å². The third-order valence-corrected chi connectivity index (χ3v) is 3.60. The van der Waals surface area contributed by atoms with Crippen molar-refractivity contribution < 1.29 is 19.0 Å². The summed E-state index contributed by atoms with van der Waals surface area (Å²) in [5.41, 5.74) is 1.19. The van der Waals surface area contributed by atoms with Crippen molar-refractivity contribution in [1.82, 2.24) is 4.98 Å². The quantitative estimate of drug-likeness (QED) is 0.883. The lowest BCUT2D eigenvalue weighted by atomic mass is 10.2. The molecule has 0 aliphatic carbocycles. The Hall–Kier alpha value is -2.60. The molecule has 1 aromatic heterocycles. The molecule has 126 valence electrons. The third-order valence-electron chi connectivity index (χ3n) is 3.60. The van der Waals surface area contributed by atoms with Gasteiger partial charge in [-0.05, 0) is 37.3 Å². The molecule has 1 amide bonds. The van der Waals surface area contributed by atoms with Gasteiger partial charge in [-0.1, -0.05) is 0 Å².